The summed E-state index contributed by atoms with van der Waals surface area (Å²) in [6, 6.07) is 11.1. The number of carbonyl (C=O) groups excluding carboxylic acids is 1. The van der Waals surface area contributed by atoms with Gasteiger partial charge in [-0.3, -0.25) is 9.36 Å². The molecular weight excluding hydrogens is 383 g/mol. The summed E-state index contributed by atoms with van der Waals surface area (Å²) in [5.41, 5.74) is 1.00. The first kappa shape index (κ1) is 19.7. The van der Waals surface area contributed by atoms with Gasteiger partial charge in [0.25, 0.3) is 5.91 Å². The van der Waals surface area contributed by atoms with Gasteiger partial charge in [-0.2, -0.15) is 0 Å². The van der Waals surface area contributed by atoms with Crippen LogP contribution in [-0.2, 0) is 6.54 Å². The van der Waals surface area contributed by atoms with Crippen molar-refractivity contribution in [3.8, 4) is 17.2 Å². The molecule has 1 heterocycles. The number of benzene rings is 2. The van der Waals surface area contributed by atoms with Crippen molar-refractivity contribution < 1.29 is 18.7 Å². The average molecular weight is 402 g/mol. The van der Waals surface area contributed by atoms with E-state index in [1.807, 2.05) is 6.26 Å². The fraction of sp³-hybridized carbons (Fsp3) is 0.211. The highest BCUT2D eigenvalue weighted by atomic mass is 32.2. The van der Waals surface area contributed by atoms with Crippen LogP contribution in [0.2, 0.25) is 0 Å². The number of rotatable bonds is 7. The topological polar surface area (TPSA) is 78.3 Å². The lowest BCUT2D eigenvalue weighted by Crippen LogP contribution is -2.25. The third kappa shape index (κ3) is 3.94. The summed E-state index contributed by atoms with van der Waals surface area (Å²) < 4.78 is 25.6. The fourth-order valence-electron chi connectivity index (χ4n) is 2.72. The molecular formula is C19H19FN4O3S. The summed E-state index contributed by atoms with van der Waals surface area (Å²) >= 11 is 1.40. The molecule has 0 aliphatic heterocycles. The minimum Gasteiger partial charge on any atom is -0.496 e. The Hall–Kier alpha value is -3.07. The Kier molecular flexibility index (Phi) is 6.15. The summed E-state index contributed by atoms with van der Waals surface area (Å²) in [6.45, 7) is 0.116. The predicted molar refractivity (Wildman–Crippen MR) is 104 cm³/mol. The first-order valence-electron chi connectivity index (χ1n) is 8.32. The highest BCUT2D eigenvalue weighted by Crippen LogP contribution is 2.28. The first-order chi connectivity index (χ1) is 13.6. The summed E-state index contributed by atoms with van der Waals surface area (Å²) in [5, 5.41) is 11.7. The van der Waals surface area contributed by atoms with E-state index < -0.39 is 0 Å². The monoisotopic (exact) mass is 402 g/mol. The van der Waals surface area contributed by atoms with Gasteiger partial charge in [-0.05, 0) is 42.7 Å². The molecule has 0 saturated carbocycles. The summed E-state index contributed by atoms with van der Waals surface area (Å²) in [6.07, 6.45) is 1.87. The summed E-state index contributed by atoms with van der Waals surface area (Å²) in [7, 11) is 2.98. The van der Waals surface area contributed by atoms with E-state index >= 15 is 0 Å². The van der Waals surface area contributed by atoms with Crippen LogP contribution >= 0.6 is 11.8 Å². The molecule has 2 aromatic carbocycles. The highest BCUT2D eigenvalue weighted by molar-refractivity contribution is 7.98. The lowest BCUT2D eigenvalue weighted by Gasteiger charge is -2.13. The van der Waals surface area contributed by atoms with Crippen LogP contribution in [0.4, 0.5) is 4.39 Å². The van der Waals surface area contributed by atoms with E-state index in [0.29, 0.717) is 33.7 Å². The minimum atomic E-state index is -0.367. The maximum Gasteiger partial charge on any atom is 0.259 e. The van der Waals surface area contributed by atoms with Crippen molar-refractivity contribution in [2.45, 2.75) is 11.7 Å². The van der Waals surface area contributed by atoms with Crippen LogP contribution in [0.1, 0.15) is 16.2 Å². The van der Waals surface area contributed by atoms with Gasteiger partial charge in [0.2, 0.25) is 0 Å². The van der Waals surface area contributed by atoms with Crippen molar-refractivity contribution in [3.05, 3.63) is 59.7 Å². The van der Waals surface area contributed by atoms with Gasteiger partial charge in [0.1, 0.15) is 22.9 Å². The number of hydrogen-bond acceptors (Lipinski definition) is 6. The largest absolute Gasteiger partial charge is 0.496 e. The predicted octanol–water partition coefficient (Wildman–Crippen LogP) is 3.08. The van der Waals surface area contributed by atoms with Crippen LogP contribution in [0.15, 0.2) is 47.6 Å². The minimum absolute atomic E-state index is 0.116. The Balaban J connectivity index is 1.87. The molecule has 1 N–H and O–H groups in total. The van der Waals surface area contributed by atoms with E-state index in [-0.39, 0.29) is 18.3 Å². The fourth-order valence-corrected chi connectivity index (χ4v) is 3.24. The molecule has 7 nitrogen and oxygen atoms in total. The molecule has 0 spiro atoms. The number of halogens is 1. The van der Waals surface area contributed by atoms with Crippen molar-refractivity contribution in [1.82, 2.24) is 20.1 Å². The number of methoxy groups -OCH3 is 2. The van der Waals surface area contributed by atoms with Crippen molar-refractivity contribution in [3.63, 3.8) is 0 Å². The van der Waals surface area contributed by atoms with Gasteiger partial charge in [0.15, 0.2) is 11.0 Å². The van der Waals surface area contributed by atoms with Crippen molar-refractivity contribution >= 4 is 17.7 Å². The number of aromatic nitrogens is 3. The quantitative estimate of drug-likeness (QED) is 0.612. The summed E-state index contributed by atoms with van der Waals surface area (Å²) in [5.74, 6) is 0.621. The lowest BCUT2D eigenvalue weighted by molar-refractivity contribution is 0.0943. The number of ether oxygens (including phenoxy) is 2. The van der Waals surface area contributed by atoms with E-state index in [0.717, 1.165) is 0 Å². The smallest absolute Gasteiger partial charge is 0.259 e. The van der Waals surface area contributed by atoms with E-state index in [1.54, 1.807) is 34.9 Å². The zero-order valence-corrected chi connectivity index (χ0v) is 16.4. The number of amides is 1. The second-order valence-corrected chi connectivity index (χ2v) is 6.41. The highest BCUT2D eigenvalue weighted by Gasteiger charge is 2.20. The van der Waals surface area contributed by atoms with E-state index in [2.05, 4.69) is 15.5 Å². The molecule has 28 heavy (non-hydrogen) atoms. The standard InChI is InChI=1S/C19H19FN4O3S/c1-26-14-5-4-6-15(27-2)17(14)18(25)21-11-16-22-23-19(28-3)24(16)13-9-7-12(20)8-10-13/h4-10H,11H2,1-3H3,(H,21,25). The van der Waals surface area contributed by atoms with E-state index in [4.69, 9.17) is 9.47 Å². The van der Waals surface area contributed by atoms with Crippen LogP contribution in [0.5, 0.6) is 11.5 Å². The van der Waals surface area contributed by atoms with Gasteiger partial charge < -0.3 is 14.8 Å². The third-order valence-corrected chi connectivity index (χ3v) is 4.66. The average Bonchev–Trinajstić information content (AvgIpc) is 3.14. The van der Waals surface area contributed by atoms with E-state index in [1.165, 1.54) is 38.1 Å². The molecule has 3 aromatic rings. The maximum atomic E-state index is 13.3. The molecule has 1 amide bonds. The Morgan fingerprint density at radius 2 is 1.75 bits per heavy atom. The molecule has 3 rings (SSSR count). The van der Waals surface area contributed by atoms with Gasteiger partial charge in [-0.1, -0.05) is 17.8 Å². The molecule has 1 aromatic heterocycles. The molecule has 0 aliphatic rings. The van der Waals surface area contributed by atoms with Crippen LogP contribution in [0, 0.1) is 5.82 Å². The second-order valence-electron chi connectivity index (χ2n) is 5.63. The number of nitrogens with zero attached hydrogens (tertiary/aromatic N) is 3. The SMILES string of the molecule is COc1cccc(OC)c1C(=O)NCc1nnc(SC)n1-c1ccc(F)cc1. The number of hydrogen-bond donors (Lipinski definition) is 1. The molecule has 0 bridgehead atoms. The van der Waals surface area contributed by atoms with Crippen LogP contribution in [-0.4, -0.2) is 41.1 Å². The molecule has 0 atom stereocenters. The van der Waals surface area contributed by atoms with Crippen molar-refractivity contribution in [2.75, 3.05) is 20.5 Å². The Morgan fingerprint density at radius 1 is 1.11 bits per heavy atom. The van der Waals surface area contributed by atoms with Gasteiger partial charge in [-0.25, -0.2) is 4.39 Å². The number of carbonyl (C=O) groups is 1. The Morgan fingerprint density at radius 3 is 2.32 bits per heavy atom. The second kappa shape index (κ2) is 8.75. The van der Waals surface area contributed by atoms with Crippen molar-refractivity contribution in [1.29, 1.82) is 0 Å². The molecule has 146 valence electrons. The number of thioether (sulfide) groups is 1. The molecule has 0 fully saturated rings. The third-order valence-electron chi connectivity index (χ3n) is 4.03. The normalized spacial score (nSPS) is 10.6. The lowest BCUT2D eigenvalue weighted by atomic mass is 10.1. The van der Waals surface area contributed by atoms with Gasteiger partial charge in [-0.15, -0.1) is 10.2 Å². The Bertz CT molecular complexity index is 954. The maximum absolute atomic E-state index is 13.3. The number of nitrogens with one attached hydrogen (secondary N) is 1. The van der Waals surface area contributed by atoms with Crippen LogP contribution in [0.25, 0.3) is 5.69 Å². The van der Waals surface area contributed by atoms with Gasteiger partial charge in [0.05, 0.1) is 20.8 Å². The van der Waals surface area contributed by atoms with Gasteiger partial charge >= 0.3 is 0 Å². The molecule has 0 radical (unpaired) electrons. The van der Waals surface area contributed by atoms with Gasteiger partial charge in [0, 0.05) is 5.69 Å². The van der Waals surface area contributed by atoms with Crippen LogP contribution in [0.3, 0.4) is 0 Å². The van der Waals surface area contributed by atoms with Crippen LogP contribution < -0.4 is 14.8 Å². The Labute approximate surface area is 165 Å². The first-order valence-corrected chi connectivity index (χ1v) is 9.55. The zero-order chi connectivity index (χ0) is 20.1. The molecule has 0 unspecified atom stereocenters. The van der Waals surface area contributed by atoms with Crippen molar-refractivity contribution in [2.24, 2.45) is 0 Å². The summed E-state index contributed by atoms with van der Waals surface area (Å²) in [4.78, 5) is 12.8. The molecule has 0 saturated heterocycles. The molecule has 0 aliphatic carbocycles. The molecule has 9 heteroatoms. The van der Waals surface area contributed by atoms with E-state index in [9.17, 15) is 9.18 Å². The zero-order valence-electron chi connectivity index (χ0n) is 15.6.